The van der Waals surface area contributed by atoms with Crippen molar-refractivity contribution in [3.05, 3.63) is 51.4 Å². The van der Waals surface area contributed by atoms with Crippen molar-refractivity contribution >= 4 is 38.9 Å². The number of sulfone groups is 1. The lowest BCUT2D eigenvalue weighted by Gasteiger charge is -2.28. The summed E-state index contributed by atoms with van der Waals surface area (Å²) in [6.07, 6.45) is 1.17. The zero-order valence-corrected chi connectivity index (χ0v) is 18.6. The summed E-state index contributed by atoms with van der Waals surface area (Å²) in [6.45, 7) is 4.39. The Morgan fingerprint density at radius 3 is 2.48 bits per heavy atom. The number of hydrogen-bond acceptors (Lipinski definition) is 5. The van der Waals surface area contributed by atoms with Gasteiger partial charge in [-0.05, 0) is 44.0 Å². The molecule has 0 radical (unpaired) electrons. The lowest BCUT2D eigenvalue weighted by atomic mass is 10.1. The third-order valence-electron chi connectivity index (χ3n) is 4.73. The number of carbonyl (C=O) groups excluding carboxylic acids is 1. The summed E-state index contributed by atoms with van der Waals surface area (Å²) in [5, 5.41) is 0.476. The highest BCUT2D eigenvalue weighted by Crippen LogP contribution is 2.35. The molecule has 1 aromatic heterocycles. The molecule has 0 spiro atoms. The Morgan fingerprint density at radius 1 is 1.28 bits per heavy atom. The number of rotatable bonds is 7. The topological polar surface area (TPSA) is 76.8 Å². The summed E-state index contributed by atoms with van der Waals surface area (Å²) in [5.41, 5.74) is 0.274. The Kier molecular flexibility index (Phi) is 6.81. The molecule has 0 N–H and O–H groups in total. The fraction of sp³-hybridized carbons (Fsp3) is 0.450. The molecule has 0 saturated carbocycles. The molecule has 0 bridgehead atoms. The predicted molar refractivity (Wildman–Crippen MR) is 113 cm³/mol. The summed E-state index contributed by atoms with van der Waals surface area (Å²) in [7, 11) is -3.17. The van der Waals surface area contributed by atoms with E-state index in [0.29, 0.717) is 24.5 Å². The van der Waals surface area contributed by atoms with Crippen molar-refractivity contribution in [2.24, 2.45) is 0 Å². The van der Waals surface area contributed by atoms with Gasteiger partial charge in [0.15, 0.2) is 15.6 Å². The van der Waals surface area contributed by atoms with Gasteiger partial charge in [-0.15, -0.1) is 0 Å². The Balaban J connectivity index is 1.91. The van der Waals surface area contributed by atoms with E-state index in [1.807, 2.05) is 13.8 Å². The minimum atomic E-state index is -3.17. The molecular formula is C20H23Cl2NO5S. The van der Waals surface area contributed by atoms with Gasteiger partial charge in [-0.2, -0.15) is 0 Å². The van der Waals surface area contributed by atoms with E-state index in [-0.39, 0.29) is 39.6 Å². The molecule has 1 aliphatic heterocycles. The van der Waals surface area contributed by atoms with Crippen molar-refractivity contribution in [2.75, 3.05) is 18.1 Å². The second-order valence-corrected chi connectivity index (χ2v) is 10.2. The maximum atomic E-state index is 13.3. The Bertz CT molecular complexity index is 979. The SMILES string of the molecule is CCCOc1c(Cl)cc(C(=O)N(Cc2ccc(C)o2)[C@H]2CCS(=O)(=O)C2)cc1Cl. The number of furan rings is 1. The number of halogens is 2. The van der Waals surface area contributed by atoms with Crippen LogP contribution in [-0.4, -0.2) is 43.4 Å². The van der Waals surface area contributed by atoms with Gasteiger partial charge in [0.05, 0.1) is 34.7 Å². The smallest absolute Gasteiger partial charge is 0.254 e. The zero-order chi connectivity index (χ0) is 21.2. The van der Waals surface area contributed by atoms with E-state index in [1.54, 1.807) is 12.1 Å². The number of hydrogen-bond donors (Lipinski definition) is 0. The van der Waals surface area contributed by atoms with Crippen molar-refractivity contribution in [1.29, 1.82) is 0 Å². The Labute approximate surface area is 180 Å². The highest BCUT2D eigenvalue weighted by Gasteiger charge is 2.36. The van der Waals surface area contributed by atoms with E-state index < -0.39 is 15.9 Å². The lowest BCUT2D eigenvalue weighted by molar-refractivity contribution is 0.0665. The molecule has 158 valence electrons. The summed E-state index contributed by atoms with van der Waals surface area (Å²) in [5.74, 6) is 1.27. The standard InChI is InChI=1S/C20H23Cl2NO5S/c1-3-7-27-19-17(21)9-14(10-18(19)22)20(24)23(11-16-5-4-13(2)28-16)15-6-8-29(25,26)12-15/h4-5,9-10,15H,3,6-8,11-12H2,1-2H3/t15-/m0/s1. The normalized spacial score (nSPS) is 18.0. The quantitative estimate of drug-likeness (QED) is 0.608. The second-order valence-electron chi connectivity index (χ2n) is 7.12. The monoisotopic (exact) mass is 459 g/mol. The predicted octanol–water partition coefficient (Wildman–Crippen LogP) is 4.51. The maximum absolute atomic E-state index is 13.3. The van der Waals surface area contributed by atoms with Crippen molar-refractivity contribution < 1.29 is 22.4 Å². The third kappa shape index (κ3) is 5.27. The molecule has 2 heterocycles. The number of carbonyl (C=O) groups is 1. The van der Waals surface area contributed by atoms with Gasteiger partial charge in [0, 0.05) is 11.6 Å². The number of nitrogens with zero attached hydrogens (tertiary/aromatic N) is 1. The van der Waals surface area contributed by atoms with Crippen LogP contribution in [0.2, 0.25) is 10.0 Å². The van der Waals surface area contributed by atoms with E-state index in [2.05, 4.69) is 0 Å². The van der Waals surface area contributed by atoms with E-state index >= 15 is 0 Å². The molecule has 1 fully saturated rings. The first-order valence-corrected chi connectivity index (χ1v) is 12.0. The van der Waals surface area contributed by atoms with E-state index in [0.717, 1.165) is 12.2 Å². The summed E-state index contributed by atoms with van der Waals surface area (Å²) < 4.78 is 35.1. The Morgan fingerprint density at radius 2 is 1.97 bits per heavy atom. The molecule has 3 rings (SSSR count). The number of benzene rings is 1. The molecule has 9 heteroatoms. The van der Waals surface area contributed by atoms with Crippen LogP contribution in [0, 0.1) is 6.92 Å². The average molecular weight is 460 g/mol. The molecule has 1 amide bonds. The van der Waals surface area contributed by atoms with Gasteiger partial charge in [-0.3, -0.25) is 4.79 Å². The molecular weight excluding hydrogens is 437 g/mol. The van der Waals surface area contributed by atoms with Crippen LogP contribution in [-0.2, 0) is 16.4 Å². The number of ether oxygens (including phenoxy) is 1. The summed E-state index contributed by atoms with van der Waals surface area (Å²) >= 11 is 12.6. The molecule has 29 heavy (non-hydrogen) atoms. The van der Waals surface area contributed by atoms with Crippen LogP contribution in [0.4, 0.5) is 0 Å². The zero-order valence-electron chi connectivity index (χ0n) is 16.3. The fourth-order valence-corrected chi connectivity index (χ4v) is 5.64. The molecule has 6 nitrogen and oxygen atoms in total. The fourth-order valence-electron chi connectivity index (χ4n) is 3.32. The van der Waals surface area contributed by atoms with Crippen LogP contribution < -0.4 is 4.74 Å². The highest BCUT2D eigenvalue weighted by atomic mass is 35.5. The van der Waals surface area contributed by atoms with Gasteiger partial charge in [0.1, 0.15) is 11.5 Å². The van der Waals surface area contributed by atoms with Gasteiger partial charge < -0.3 is 14.1 Å². The van der Waals surface area contributed by atoms with Crippen LogP contribution in [0.15, 0.2) is 28.7 Å². The van der Waals surface area contributed by atoms with Gasteiger partial charge >= 0.3 is 0 Å². The van der Waals surface area contributed by atoms with E-state index in [1.165, 1.54) is 17.0 Å². The van der Waals surface area contributed by atoms with Crippen molar-refractivity contribution in [2.45, 2.75) is 39.3 Å². The van der Waals surface area contributed by atoms with Crippen LogP contribution in [0.25, 0.3) is 0 Å². The van der Waals surface area contributed by atoms with Crippen molar-refractivity contribution in [3.63, 3.8) is 0 Å². The molecule has 0 aliphatic carbocycles. The first-order valence-electron chi connectivity index (χ1n) is 9.38. The molecule has 0 unspecified atom stereocenters. The maximum Gasteiger partial charge on any atom is 0.254 e. The van der Waals surface area contributed by atoms with E-state index in [9.17, 15) is 13.2 Å². The minimum Gasteiger partial charge on any atom is -0.490 e. The molecule has 1 aromatic carbocycles. The average Bonchev–Trinajstić information content (AvgIpc) is 3.23. The van der Waals surface area contributed by atoms with Crippen molar-refractivity contribution in [3.8, 4) is 5.75 Å². The summed E-state index contributed by atoms with van der Waals surface area (Å²) in [6, 6.07) is 6.15. The number of amides is 1. The van der Waals surface area contributed by atoms with Crippen LogP contribution in [0.3, 0.4) is 0 Å². The summed E-state index contributed by atoms with van der Waals surface area (Å²) in [4.78, 5) is 14.8. The minimum absolute atomic E-state index is 0.0595. The first kappa shape index (κ1) is 22.0. The van der Waals surface area contributed by atoms with Gasteiger partial charge in [0.25, 0.3) is 5.91 Å². The van der Waals surface area contributed by atoms with E-state index in [4.69, 9.17) is 32.4 Å². The highest BCUT2D eigenvalue weighted by molar-refractivity contribution is 7.91. The molecule has 1 saturated heterocycles. The van der Waals surface area contributed by atoms with Crippen LogP contribution in [0.1, 0.15) is 41.6 Å². The number of aryl methyl sites for hydroxylation is 1. The molecule has 1 atom stereocenters. The van der Waals surface area contributed by atoms with Gasteiger partial charge in [0.2, 0.25) is 0 Å². The second kappa shape index (κ2) is 8.98. The molecule has 1 aliphatic rings. The van der Waals surface area contributed by atoms with Crippen LogP contribution in [0.5, 0.6) is 5.75 Å². The Hall–Kier alpha value is -1.70. The van der Waals surface area contributed by atoms with Gasteiger partial charge in [-0.1, -0.05) is 30.1 Å². The third-order valence-corrected chi connectivity index (χ3v) is 7.04. The van der Waals surface area contributed by atoms with Crippen molar-refractivity contribution in [1.82, 2.24) is 4.90 Å². The first-order chi connectivity index (χ1) is 13.7. The lowest BCUT2D eigenvalue weighted by Crippen LogP contribution is -2.40. The molecule has 2 aromatic rings. The van der Waals surface area contributed by atoms with Crippen LogP contribution >= 0.6 is 23.2 Å². The largest absolute Gasteiger partial charge is 0.490 e. The van der Waals surface area contributed by atoms with Gasteiger partial charge in [-0.25, -0.2) is 8.42 Å².